The van der Waals surface area contributed by atoms with Crippen LogP contribution in [0.2, 0.25) is 5.02 Å². The number of aromatic nitrogens is 5. The molecular formula is C32H27ClF3N7O2S. The van der Waals surface area contributed by atoms with Crippen LogP contribution >= 0.6 is 23.4 Å². The van der Waals surface area contributed by atoms with Crippen molar-refractivity contribution in [2.45, 2.75) is 36.3 Å². The van der Waals surface area contributed by atoms with Crippen LogP contribution in [0.15, 0.2) is 84.5 Å². The molecule has 1 aliphatic heterocycles. The Labute approximate surface area is 271 Å². The zero-order chi connectivity index (χ0) is 32.3. The number of anilines is 2. The summed E-state index contributed by atoms with van der Waals surface area (Å²) in [7, 11) is 0. The molecule has 5 aromatic rings. The van der Waals surface area contributed by atoms with Crippen LogP contribution in [-0.4, -0.2) is 49.7 Å². The molecule has 6 rings (SSSR count). The van der Waals surface area contributed by atoms with Gasteiger partial charge in [0.05, 0.1) is 33.7 Å². The Morgan fingerprint density at radius 2 is 1.78 bits per heavy atom. The summed E-state index contributed by atoms with van der Waals surface area (Å²) in [5, 5.41) is 13.9. The predicted octanol–water partition coefficient (Wildman–Crippen LogP) is 7.43. The lowest BCUT2D eigenvalue weighted by atomic mass is 10.0. The van der Waals surface area contributed by atoms with E-state index in [1.807, 2.05) is 12.1 Å². The Hall–Kier alpha value is -4.62. The summed E-state index contributed by atoms with van der Waals surface area (Å²) in [5.41, 5.74) is 1.91. The molecule has 9 nitrogen and oxygen atoms in total. The van der Waals surface area contributed by atoms with Crippen molar-refractivity contribution in [1.29, 1.82) is 0 Å². The molecule has 0 atom stereocenters. The number of carbonyl (C=O) groups excluding carboxylic acids is 2. The van der Waals surface area contributed by atoms with E-state index in [2.05, 4.69) is 30.5 Å². The highest BCUT2D eigenvalue weighted by Gasteiger charge is 2.33. The molecule has 1 amide bonds. The highest BCUT2D eigenvalue weighted by molar-refractivity contribution is 7.98. The number of hydrogen-bond donors (Lipinski definition) is 2. The highest BCUT2D eigenvalue weighted by atomic mass is 35.5. The van der Waals surface area contributed by atoms with Crippen molar-refractivity contribution < 1.29 is 22.8 Å². The van der Waals surface area contributed by atoms with Crippen LogP contribution in [0.5, 0.6) is 0 Å². The summed E-state index contributed by atoms with van der Waals surface area (Å²) < 4.78 is 41.6. The highest BCUT2D eigenvalue weighted by Crippen LogP contribution is 2.36. The van der Waals surface area contributed by atoms with E-state index in [0.717, 1.165) is 55.7 Å². The number of hydrogen-bond acceptors (Lipinski definition) is 7. The van der Waals surface area contributed by atoms with Crippen LogP contribution in [0.1, 0.15) is 56.7 Å². The number of alkyl halides is 3. The SMILES string of the molecule is O=C(Nc1ccc(N2CCCCC2)cc1C(=O)c1cnn(-c2ccc(Cl)c(C(F)(F)F)c2)c1)c1cccc(CSc2ncn[nH]2)c1. The third-order valence-corrected chi connectivity index (χ3v) is 8.82. The first-order valence-corrected chi connectivity index (χ1v) is 15.8. The lowest BCUT2D eigenvalue weighted by Gasteiger charge is -2.29. The van der Waals surface area contributed by atoms with Crippen LogP contribution in [0.3, 0.4) is 0 Å². The van der Waals surface area contributed by atoms with E-state index in [9.17, 15) is 22.8 Å². The van der Waals surface area contributed by atoms with Crippen LogP contribution in [0, 0.1) is 0 Å². The molecule has 0 saturated carbocycles. The second-order valence-corrected chi connectivity index (χ2v) is 12.0. The number of ketones is 1. The predicted molar refractivity (Wildman–Crippen MR) is 170 cm³/mol. The van der Waals surface area contributed by atoms with E-state index in [1.165, 1.54) is 41.2 Å². The Morgan fingerprint density at radius 3 is 2.54 bits per heavy atom. The third-order valence-electron chi connectivity index (χ3n) is 7.54. The normalized spacial score (nSPS) is 13.5. The van der Waals surface area contributed by atoms with Gasteiger partial charge in [-0.25, -0.2) is 9.67 Å². The van der Waals surface area contributed by atoms with Gasteiger partial charge < -0.3 is 10.2 Å². The fraction of sp³-hybridized carbons (Fsp3) is 0.219. The number of thioether (sulfide) groups is 1. The Bertz CT molecular complexity index is 1870. The van der Waals surface area contributed by atoms with Crippen molar-refractivity contribution in [3.63, 3.8) is 0 Å². The van der Waals surface area contributed by atoms with Gasteiger partial charge in [-0.05, 0) is 73.4 Å². The van der Waals surface area contributed by atoms with Gasteiger partial charge in [-0.1, -0.05) is 35.5 Å². The van der Waals surface area contributed by atoms with Crippen molar-refractivity contribution in [3.8, 4) is 5.69 Å². The first-order chi connectivity index (χ1) is 22.2. The smallest absolute Gasteiger partial charge is 0.372 e. The minimum atomic E-state index is -4.66. The van der Waals surface area contributed by atoms with Gasteiger partial charge in [-0.3, -0.25) is 14.7 Å². The minimum absolute atomic E-state index is 0.0905. The van der Waals surface area contributed by atoms with Crippen LogP contribution in [-0.2, 0) is 11.9 Å². The lowest BCUT2D eigenvalue weighted by Crippen LogP contribution is -2.29. The number of nitrogens with one attached hydrogen (secondary N) is 2. The molecule has 2 N–H and O–H groups in total. The van der Waals surface area contributed by atoms with Gasteiger partial charge in [0, 0.05) is 41.9 Å². The largest absolute Gasteiger partial charge is 0.417 e. The Kier molecular flexibility index (Phi) is 9.13. The molecule has 1 aliphatic rings. The molecule has 3 aromatic carbocycles. The summed E-state index contributed by atoms with van der Waals surface area (Å²) in [6, 6.07) is 15.9. The maximum Gasteiger partial charge on any atom is 0.417 e. The van der Waals surface area contributed by atoms with Crippen molar-refractivity contribution in [2.24, 2.45) is 0 Å². The second kappa shape index (κ2) is 13.4. The first kappa shape index (κ1) is 31.4. The van der Waals surface area contributed by atoms with Crippen LogP contribution in [0.25, 0.3) is 5.69 Å². The average molecular weight is 666 g/mol. The zero-order valence-corrected chi connectivity index (χ0v) is 25.8. The number of H-pyrrole nitrogens is 1. The van der Waals surface area contributed by atoms with Gasteiger partial charge >= 0.3 is 6.18 Å². The number of carbonyl (C=O) groups is 2. The van der Waals surface area contributed by atoms with Gasteiger partial charge in [-0.2, -0.15) is 23.4 Å². The summed E-state index contributed by atoms with van der Waals surface area (Å²) in [6.07, 6.45) is 2.61. The molecule has 0 unspecified atom stereocenters. The van der Waals surface area contributed by atoms with E-state index >= 15 is 0 Å². The number of aromatic amines is 1. The van der Waals surface area contributed by atoms with Gasteiger partial charge in [0.25, 0.3) is 5.91 Å². The standard InChI is InChI=1S/C32H27ClF3N7O2S/c33-27-9-7-24(15-26(27)32(34,35)36)43-17-22(16-39-43)29(44)25-14-23(42-11-2-1-3-12-42)8-10-28(25)40-30(45)21-6-4-5-20(13-21)18-46-31-37-19-38-41-31/h4-10,13-17,19H,1-3,11-12,18H2,(H,40,45)(H,37,38,41). The fourth-order valence-electron chi connectivity index (χ4n) is 5.20. The number of nitrogens with zero attached hydrogens (tertiary/aromatic N) is 5. The maximum absolute atomic E-state index is 14.0. The minimum Gasteiger partial charge on any atom is -0.372 e. The number of halogens is 4. The Balaban J connectivity index is 1.28. The van der Waals surface area contributed by atoms with Crippen LogP contribution < -0.4 is 10.2 Å². The molecule has 14 heteroatoms. The molecular weight excluding hydrogens is 639 g/mol. The third kappa shape index (κ3) is 7.10. The van der Waals surface area contributed by atoms with Gasteiger partial charge in [0.1, 0.15) is 6.33 Å². The molecule has 0 aliphatic carbocycles. The zero-order valence-electron chi connectivity index (χ0n) is 24.2. The topological polar surface area (TPSA) is 109 Å². The number of piperidine rings is 1. The number of benzene rings is 3. The molecule has 2 aromatic heterocycles. The number of amides is 1. The van der Waals surface area contributed by atoms with Crippen LogP contribution in [0.4, 0.5) is 24.5 Å². The van der Waals surface area contributed by atoms with E-state index < -0.39 is 28.5 Å². The second-order valence-electron chi connectivity index (χ2n) is 10.7. The van der Waals surface area contributed by atoms with Crippen molar-refractivity contribution >= 4 is 46.4 Å². The summed E-state index contributed by atoms with van der Waals surface area (Å²) in [6.45, 7) is 1.68. The van der Waals surface area contributed by atoms with Crippen molar-refractivity contribution in [3.05, 3.63) is 112 Å². The van der Waals surface area contributed by atoms with E-state index in [-0.39, 0.29) is 16.8 Å². The summed E-state index contributed by atoms with van der Waals surface area (Å²) in [5.74, 6) is -0.280. The molecule has 0 spiro atoms. The van der Waals surface area contributed by atoms with Gasteiger partial charge in [-0.15, -0.1) is 0 Å². The van der Waals surface area contributed by atoms with E-state index in [4.69, 9.17) is 11.6 Å². The number of rotatable bonds is 9. The maximum atomic E-state index is 14.0. The molecule has 3 heterocycles. The lowest BCUT2D eigenvalue weighted by molar-refractivity contribution is -0.137. The Morgan fingerprint density at radius 1 is 0.978 bits per heavy atom. The molecule has 46 heavy (non-hydrogen) atoms. The summed E-state index contributed by atoms with van der Waals surface area (Å²) in [4.78, 5) is 33.7. The van der Waals surface area contributed by atoms with Gasteiger partial charge in [0.15, 0.2) is 10.9 Å². The van der Waals surface area contributed by atoms with Crippen molar-refractivity contribution in [2.75, 3.05) is 23.3 Å². The van der Waals surface area contributed by atoms with Crippen molar-refractivity contribution in [1.82, 2.24) is 25.0 Å². The molecule has 0 bridgehead atoms. The van der Waals surface area contributed by atoms with E-state index in [1.54, 1.807) is 30.3 Å². The monoisotopic (exact) mass is 665 g/mol. The van der Waals surface area contributed by atoms with E-state index in [0.29, 0.717) is 22.2 Å². The fourth-order valence-corrected chi connectivity index (χ4v) is 6.15. The molecule has 0 radical (unpaired) electrons. The molecule has 1 saturated heterocycles. The average Bonchev–Trinajstić information content (AvgIpc) is 3.77. The quantitative estimate of drug-likeness (QED) is 0.125. The summed E-state index contributed by atoms with van der Waals surface area (Å²) >= 11 is 7.23. The molecule has 236 valence electrons. The molecule has 1 fully saturated rings. The first-order valence-electron chi connectivity index (χ1n) is 14.4. The van der Waals surface area contributed by atoms with Gasteiger partial charge in [0.2, 0.25) is 0 Å².